The number of carbonyl (C=O) groups is 3. The molecule has 1 atom stereocenters. The second-order valence-electron chi connectivity index (χ2n) is 8.62. The summed E-state index contributed by atoms with van der Waals surface area (Å²) >= 11 is 0. The third kappa shape index (κ3) is 5.71. The Balaban J connectivity index is 2.58. The summed E-state index contributed by atoms with van der Waals surface area (Å²) < 4.78 is 0. The van der Waals surface area contributed by atoms with Crippen molar-refractivity contribution >= 4 is 18.1 Å². The van der Waals surface area contributed by atoms with E-state index in [0.717, 1.165) is 25.5 Å². The first kappa shape index (κ1) is 20.9. The highest BCUT2D eigenvalue weighted by atomic mass is 16.2. The minimum Gasteiger partial charge on any atom is -0.303 e. The molecule has 1 rings (SSSR count). The van der Waals surface area contributed by atoms with Crippen molar-refractivity contribution in [1.82, 2.24) is 4.90 Å². The van der Waals surface area contributed by atoms with Crippen molar-refractivity contribution in [3.8, 4) is 0 Å². The van der Waals surface area contributed by atoms with Crippen LogP contribution in [0.4, 0.5) is 0 Å². The molecule has 0 spiro atoms. The zero-order chi connectivity index (χ0) is 18.4. The van der Waals surface area contributed by atoms with Gasteiger partial charge in [-0.2, -0.15) is 0 Å². The van der Waals surface area contributed by atoms with Gasteiger partial charge in [0.1, 0.15) is 6.29 Å². The smallest absolute Gasteiger partial charge is 0.233 e. The number of aldehydes is 1. The third-order valence-corrected chi connectivity index (χ3v) is 4.96. The Bertz CT molecular complexity index is 454. The van der Waals surface area contributed by atoms with Gasteiger partial charge in [0.05, 0.1) is 0 Å². The highest BCUT2D eigenvalue weighted by molar-refractivity contribution is 6.04. The summed E-state index contributed by atoms with van der Waals surface area (Å²) in [5, 5.41) is 0. The highest BCUT2D eigenvalue weighted by Gasteiger charge is 2.47. The number of hydrogen-bond donors (Lipinski definition) is 0. The van der Waals surface area contributed by atoms with Crippen molar-refractivity contribution in [3.05, 3.63) is 0 Å². The Kier molecular flexibility index (Phi) is 7.62. The molecule has 1 saturated heterocycles. The summed E-state index contributed by atoms with van der Waals surface area (Å²) in [5.74, 6) is -0.287. The zero-order valence-electron chi connectivity index (χ0n) is 16.2. The zero-order valence-corrected chi connectivity index (χ0v) is 16.2. The highest BCUT2D eigenvalue weighted by Crippen LogP contribution is 2.36. The van der Waals surface area contributed by atoms with Crippen LogP contribution in [0.2, 0.25) is 0 Å². The number of nitrogens with zero attached hydrogens (tertiary/aromatic N) is 1. The van der Waals surface area contributed by atoms with Crippen LogP contribution in [-0.2, 0) is 14.4 Å². The lowest BCUT2D eigenvalue weighted by Crippen LogP contribution is -2.50. The summed E-state index contributed by atoms with van der Waals surface area (Å²) in [7, 11) is 0. The second kappa shape index (κ2) is 8.77. The molecule has 0 N–H and O–H groups in total. The van der Waals surface area contributed by atoms with Crippen LogP contribution < -0.4 is 0 Å². The molecule has 0 radical (unpaired) electrons. The van der Waals surface area contributed by atoms with E-state index >= 15 is 0 Å². The van der Waals surface area contributed by atoms with Gasteiger partial charge in [-0.25, -0.2) is 0 Å². The van der Waals surface area contributed by atoms with E-state index in [4.69, 9.17) is 0 Å². The summed E-state index contributed by atoms with van der Waals surface area (Å²) in [5.41, 5.74) is -1.16. The fourth-order valence-corrected chi connectivity index (χ4v) is 3.96. The fourth-order valence-electron chi connectivity index (χ4n) is 3.96. The van der Waals surface area contributed by atoms with Crippen LogP contribution in [0.25, 0.3) is 0 Å². The van der Waals surface area contributed by atoms with E-state index in [0.29, 0.717) is 12.8 Å². The molecule has 0 aromatic rings. The van der Waals surface area contributed by atoms with Gasteiger partial charge in [0.25, 0.3) is 0 Å². The van der Waals surface area contributed by atoms with Crippen LogP contribution >= 0.6 is 0 Å². The molecule has 1 fully saturated rings. The van der Waals surface area contributed by atoms with E-state index in [1.807, 2.05) is 27.7 Å². The van der Waals surface area contributed by atoms with Crippen LogP contribution in [0, 0.1) is 11.3 Å². The summed E-state index contributed by atoms with van der Waals surface area (Å²) in [6.07, 6.45) is 9.67. The fraction of sp³-hybridized carbons (Fsp3) is 0.850. The number of likely N-dealkylation sites (tertiary alicyclic amines) is 1. The minimum atomic E-state index is -0.617. The van der Waals surface area contributed by atoms with Gasteiger partial charge in [-0.1, -0.05) is 59.3 Å². The number of hydrogen-bond acceptors (Lipinski definition) is 3. The van der Waals surface area contributed by atoms with Crippen molar-refractivity contribution < 1.29 is 14.4 Å². The Labute approximate surface area is 147 Å². The molecular formula is C20H35NO3. The van der Waals surface area contributed by atoms with Crippen LogP contribution in [0.3, 0.4) is 0 Å². The predicted molar refractivity (Wildman–Crippen MR) is 96.5 cm³/mol. The molecule has 1 unspecified atom stereocenters. The molecule has 1 aliphatic rings. The topological polar surface area (TPSA) is 54.5 Å². The Hall–Kier alpha value is -1.19. The predicted octanol–water partition coefficient (Wildman–Crippen LogP) is 4.51. The van der Waals surface area contributed by atoms with Crippen LogP contribution in [0.1, 0.15) is 92.4 Å². The van der Waals surface area contributed by atoms with Crippen molar-refractivity contribution in [2.45, 2.75) is 97.9 Å². The van der Waals surface area contributed by atoms with E-state index in [1.165, 1.54) is 30.6 Å². The van der Waals surface area contributed by atoms with Gasteiger partial charge >= 0.3 is 0 Å². The number of rotatable bonds is 11. The second-order valence-corrected chi connectivity index (χ2v) is 8.62. The summed E-state index contributed by atoms with van der Waals surface area (Å²) in [6, 6.07) is 0. The summed E-state index contributed by atoms with van der Waals surface area (Å²) in [4.78, 5) is 37.8. The molecule has 2 amide bonds. The minimum absolute atomic E-state index is 0.0414. The van der Waals surface area contributed by atoms with Crippen molar-refractivity contribution in [2.24, 2.45) is 11.3 Å². The van der Waals surface area contributed by atoms with Crippen LogP contribution in [0.15, 0.2) is 0 Å². The molecule has 24 heavy (non-hydrogen) atoms. The average molecular weight is 338 g/mol. The molecule has 0 aliphatic carbocycles. The Morgan fingerprint density at radius 3 is 2.21 bits per heavy atom. The van der Waals surface area contributed by atoms with E-state index in [9.17, 15) is 14.4 Å². The van der Waals surface area contributed by atoms with Gasteiger partial charge in [0.2, 0.25) is 11.8 Å². The van der Waals surface area contributed by atoms with Crippen molar-refractivity contribution in [3.63, 3.8) is 0 Å². The van der Waals surface area contributed by atoms with E-state index in [2.05, 4.69) is 6.92 Å². The van der Waals surface area contributed by atoms with Crippen LogP contribution in [-0.4, -0.2) is 28.5 Å². The number of imide groups is 1. The molecule has 0 aromatic carbocycles. The average Bonchev–Trinajstić information content (AvgIpc) is 2.76. The van der Waals surface area contributed by atoms with Crippen molar-refractivity contribution in [1.29, 1.82) is 0 Å². The maximum atomic E-state index is 12.7. The van der Waals surface area contributed by atoms with Gasteiger partial charge in [0.15, 0.2) is 0 Å². The normalized spacial score (nSPS) is 19.2. The molecule has 1 aliphatic heterocycles. The lowest BCUT2D eigenvalue weighted by Gasteiger charge is -2.38. The number of unbranched alkanes of at least 4 members (excludes halogenated alkanes) is 5. The maximum Gasteiger partial charge on any atom is 0.233 e. The van der Waals surface area contributed by atoms with E-state index in [-0.39, 0.29) is 17.7 Å². The number of amides is 2. The van der Waals surface area contributed by atoms with E-state index < -0.39 is 11.0 Å². The van der Waals surface area contributed by atoms with Gasteiger partial charge < -0.3 is 4.79 Å². The largest absolute Gasteiger partial charge is 0.303 e. The molecule has 0 bridgehead atoms. The first-order chi connectivity index (χ1) is 11.1. The molecule has 0 aromatic heterocycles. The van der Waals surface area contributed by atoms with Crippen molar-refractivity contribution in [2.75, 3.05) is 0 Å². The van der Waals surface area contributed by atoms with E-state index in [1.54, 1.807) is 0 Å². The van der Waals surface area contributed by atoms with Gasteiger partial charge in [-0.15, -0.1) is 0 Å². The first-order valence-electron chi connectivity index (χ1n) is 9.48. The molecule has 4 nitrogen and oxygen atoms in total. The lowest BCUT2D eigenvalue weighted by molar-refractivity contribution is -0.147. The first-order valence-corrected chi connectivity index (χ1v) is 9.48. The Morgan fingerprint density at radius 1 is 1.04 bits per heavy atom. The standard InChI is InChI=1S/C20H35NO3/c1-6-7-8-9-10-11-12-16-13-17(23)21(18(16)24)20(4,5)14-19(2,3)15-22/h15-16H,6-14H2,1-5H3. The quantitative estimate of drug-likeness (QED) is 0.317. The van der Waals surface area contributed by atoms with Crippen LogP contribution in [0.5, 0.6) is 0 Å². The van der Waals surface area contributed by atoms with Gasteiger partial charge in [0, 0.05) is 23.3 Å². The molecule has 0 saturated carbocycles. The molecule has 4 heteroatoms. The SMILES string of the molecule is CCCCCCCCC1CC(=O)N(C(C)(C)CC(C)(C)C=O)C1=O. The maximum absolute atomic E-state index is 12.7. The molecule has 1 heterocycles. The summed E-state index contributed by atoms with van der Waals surface area (Å²) in [6.45, 7) is 9.68. The number of carbonyl (C=O) groups excluding carboxylic acids is 3. The lowest BCUT2D eigenvalue weighted by atomic mass is 9.80. The van der Waals surface area contributed by atoms with Gasteiger partial charge in [-0.05, 0) is 26.7 Å². The third-order valence-electron chi connectivity index (χ3n) is 4.96. The monoisotopic (exact) mass is 337 g/mol. The molecular weight excluding hydrogens is 302 g/mol. The Morgan fingerprint density at radius 2 is 1.62 bits per heavy atom. The molecule has 138 valence electrons. The van der Waals surface area contributed by atoms with Gasteiger partial charge in [-0.3, -0.25) is 14.5 Å².